The molecule has 2 N–H and O–H groups in total. The molecule has 1 fully saturated rings. The number of rotatable bonds is 8. The minimum Gasteiger partial charge on any atom is -0.352 e. The summed E-state index contributed by atoms with van der Waals surface area (Å²) in [6, 6.07) is 9.62. The first kappa shape index (κ1) is 22.9. The van der Waals surface area contributed by atoms with Crippen LogP contribution < -0.4 is 10.6 Å². The highest BCUT2D eigenvalue weighted by Crippen LogP contribution is 2.25. The Morgan fingerprint density at radius 2 is 1.90 bits per heavy atom. The van der Waals surface area contributed by atoms with Crippen LogP contribution in [0.3, 0.4) is 0 Å². The Bertz CT molecular complexity index is 1010. The maximum absolute atomic E-state index is 13.0. The molecule has 31 heavy (non-hydrogen) atoms. The summed E-state index contributed by atoms with van der Waals surface area (Å²) in [4.78, 5) is 28.5. The molecule has 1 unspecified atom stereocenters. The van der Waals surface area contributed by atoms with E-state index in [0.29, 0.717) is 13.1 Å². The Hall–Kier alpha value is -2.78. The van der Waals surface area contributed by atoms with E-state index in [1.165, 1.54) is 16.4 Å². The smallest absolute Gasteiger partial charge is 0.251 e. The summed E-state index contributed by atoms with van der Waals surface area (Å²) in [5.41, 5.74) is 1.19. The Kier molecular flexibility index (Phi) is 7.75. The molecule has 0 radical (unpaired) electrons. The lowest BCUT2D eigenvalue weighted by Gasteiger charge is -2.32. The number of benzene rings is 1. The van der Waals surface area contributed by atoms with Gasteiger partial charge in [-0.1, -0.05) is 12.5 Å². The summed E-state index contributed by atoms with van der Waals surface area (Å²) < 4.78 is 27.5. The number of aromatic nitrogens is 1. The van der Waals surface area contributed by atoms with Crippen molar-refractivity contribution in [1.82, 2.24) is 19.9 Å². The number of piperidine rings is 1. The van der Waals surface area contributed by atoms with Crippen LogP contribution in [0.25, 0.3) is 0 Å². The van der Waals surface area contributed by atoms with Crippen molar-refractivity contribution >= 4 is 21.8 Å². The van der Waals surface area contributed by atoms with Crippen LogP contribution in [0.4, 0.5) is 0 Å². The van der Waals surface area contributed by atoms with Crippen LogP contribution in [-0.4, -0.2) is 48.7 Å². The van der Waals surface area contributed by atoms with Gasteiger partial charge in [0.2, 0.25) is 15.9 Å². The highest BCUT2D eigenvalue weighted by atomic mass is 32.2. The van der Waals surface area contributed by atoms with E-state index in [2.05, 4.69) is 15.6 Å². The zero-order valence-corrected chi connectivity index (χ0v) is 18.4. The van der Waals surface area contributed by atoms with Crippen molar-refractivity contribution in [2.24, 2.45) is 0 Å². The fourth-order valence-corrected chi connectivity index (χ4v) is 5.29. The molecule has 2 heterocycles. The summed E-state index contributed by atoms with van der Waals surface area (Å²) in [5.74, 6) is -0.599. The van der Waals surface area contributed by atoms with E-state index < -0.39 is 15.9 Å². The molecule has 0 bridgehead atoms. The number of carbonyl (C=O) groups is 2. The molecule has 2 aromatic rings. The van der Waals surface area contributed by atoms with E-state index >= 15 is 0 Å². The Balaban J connectivity index is 1.53. The van der Waals surface area contributed by atoms with Crippen molar-refractivity contribution < 1.29 is 18.0 Å². The van der Waals surface area contributed by atoms with Crippen LogP contribution in [0, 0.1) is 0 Å². The number of pyridine rings is 1. The molecule has 1 saturated heterocycles. The van der Waals surface area contributed by atoms with Crippen molar-refractivity contribution in [2.45, 2.75) is 50.1 Å². The average molecular weight is 445 g/mol. The van der Waals surface area contributed by atoms with Crippen LogP contribution in [0.5, 0.6) is 0 Å². The molecule has 8 nitrogen and oxygen atoms in total. The second-order valence-corrected chi connectivity index (χ2v) is 9.52. The minimum absolute atomic E-state index is 0.0538. The molecule has 0 spiro atoms. The number of carbonyl (C=O) groups excluding carboxylic acids is 2. The van der Waals surface area contributed by atoms with E-state index in [1.807, 2.05) is 19.1 Å². The quantitative estimate of drug-likeness (QED) is 0.648. The third kappa shape index (κ3) is 6.11. The summed E-state index contributed by atoms with van der Waals surface area (Å²) in [6.07, 6.45) is 6.13. The molecule has 166 valence electrons. The van der Waals surface area contributed by atoms with E-state index in [0.717, 1.165) is 24.8 Å². The third-order valence-electron chi connectivity index (χ3n) is 5.32. The Morgan fingerprint density at radius 1 is 1.13 bits per heavy atom. The van der Waals surface area contributed by atoms with Crippen LogP contribution >= 0.6 is 0 Å². The molecule has 3 rings (SSSR count). The molecule has 0 saturated carbocycles. The molecule has 1 aliphatic heterocycles. The standard InChI is InChI=1S/C22H28N4O4S/c1-17-5-2-3-14-26(17)31(29,30)20-7-4-6-19(15-20)22(28)24-13-10-21(27)25-16-18-8-11-23-12-9-18/h4,6-9,11-12,15,17H,2-3,5,10,13-14,16H2,1H3,(H,24,28)(H,25,27). The number of hydrogen-bond acceptors (Lipinski definition) is 5. The number of amides is 2. The first-order valence-electron chi connectivity index (χ1n) is 10.4. The van der Waals surface area contributed by atoms with Gasteiger partial charge in [0.05, 0.1) is 4.90 Å². The van der Waals surface area contributed by atoms with Gasteiger partial charge in [-0.15, -0.1) is 0 Å². The van der Waals surface area contributed by atoms with Gasteiger partial charge >= 0.3 is 0 Å². The van der Waals surface area contributed by atoms with Gasteiger partial charge in [-0.2, -0.15) is 4.31 Å². The molecule has 1 aromatic heterocycles. The highest BCUT2D eigenvalue weighted by molar-refractivity contribution is 7.89. The van der Waals surface area contributed by atoms with Gasteiger partial charge in [-0.25, -0.2) is 8.42 Å². The van der Waals surface area contributed by atoms with Crippen LogP contribution in [-0.2, 0) is 21.4 Å². The van der Waals surface area contributed by atoms with Crippen molar-refractivity contribution in [3.8, 4) is 0 Å². The summed E-state index contributed by atoms with van der Waals surface area (Å²) in [7, 11) is -3.65. The molecular weight excluding hydrogens is 416 g/mol. The molecule has 1 atom stereocenters. The maximum Gasteiger partial charge on any atom is 0.251 e. The van der Waals surface area contributed by atoms with Crippen molar-refractivity contribution in [1.29, 1.82) is 0 Å². The maximum atomic E-state index is 13.0. The fourth-order valence-electron chi connectivity index (χ4n) is 3.54. The van der Waals surface area contributed by atoms with Crippen molar-refractivity contribution in [3.05, 3.63) is 59.9 Å². The van der Waals surface area contributed by atoms with Crippen LogP contribution in [0.15, 0.2) is 53.7 Å². The van der Waals surface area contributed by atoms with Gasteiger partial charge < -0.3 is 10.6 Å². The summed E-state index contributed by atoms with van der Waals surface area (Å²) in [5, 5.41) is 5.46. The normalized spacial score (nSPS) is 17.1. The lowest BCUT2D eigenvalue weighted by atomic mass is 10.1. The average Bonchev–Trinajstić information content (AvgIpc) is 2.78. The third-order valence-corrected chi connectivity index (χ3v) is 7.33. The van der Waals surface area contributed by atoms with Gasteiger partial charge in [-0.3, -0.25) is 14.6 Å². The van der Waals surface area contributed by atoms with Crippen molar-refractivity contribution in [2.75, 3.05) is 13.1 Å². The van der Waals surface area contributed by atoms with E-state index in [4.69, 9.17) is 0 Å². The highest BCUT2D eigenvalue weighted by Gasteiger charge is 2.31. The largest absolute Gasteiger partial charge is 0.352 e. The van der Waals surface area contributed by atoms with Gasteiger partial charge in [0.15, 0.2) is 0 Å². The van der Waals surface area contributed by atoms with Crippen LogP contribution in [0.1, 0.15) is 48.5 Å². The number of hydrogen-bond donors (Lipinski definition) is 2. The zero-order chi connectivity index (χ0) is 22.3. The topological polar surface area (TPSA) is 108 Å². The van der Waals surface area contributed by atoms with Gasteiger partial charge in [0.25, 0.3) is 5.91 Å². The summed E-state index contributed by atoms with van der Waals surface area (Å²) >= 11 is 0. The van der Waals surface area contributed by atoms with E-state index in [1.54, 1.807) is 24.5 Å². The SMILES string of the molecule is CC1CCCCN1S(=O)(=O)c1cccc(C(=O)NCCC(=O)NCc2ccncc2)c1. The van der Waals surface area contributed by atoms with Gasteiger partial charge in [0.1, 0.15) is 0 Å². The molecule has 1 aliphatic rings. The van der Waals surface area contributed by atoms with Gasteiger partial charge in [0, 0.05) is 50.1 Å². The number of nitrogens with one attached hydrogen (secondary N) is 2. The Labute approximate surface area is 183 Å². The molecule has 1 aromatic carbocycles. The molecule has 9 heteroatoms. The van der Waals surface area contributed by atoms with E-state index in [9.17, 15) is 18.0 Å². The summed E-state index contributed by atoms with van der Waals surface area (Å²) in [6.45, 7) is 2.95. The van der Waals surface area contributed by atoms with E-state index in [-0.39, 0.29) is 35.4 Å². The first-order chi connectivity index (χ1) is 14.9. The first-order valence-corrected chi connectivity index (χ1v) is 11.9. The predicted octanol–water partition coefficient (Wildman–Crippen LogP) is 2.08. The number of nitrogens with zero attached hydrogens (tertiary/aromatic N) is 2. The fraction of sp³-hybridized carbons (Fsp3) is 0.409. The molecular formula is C22H28N4O4S. The molecule has 0 aliphatic carbocycles. The second-order valence-electron chi connectivity index (χ2n) is 7.63. The van der Waals surface area contributed by atoms with Gasteiger partial charge in [-0.05, 0) is 55.7 Å². The predicted molar refractivity (Wildman–Crippen MR) is 117 cm³/mol. The van der Waals surface area contributed by atoms with Crippen molar-refractivity contribution in [3.63, 3.8) is 0 Å². The monoisotopic (exact) mass is 444 g/mol. The van der Waals surface area contributed by atoms with Crippen LogP contribution in [0.2, 0.25) is 0 Å². The lowest BCUT2D eigenvalue weighted by molar-refractivity contribution is -0.121. The molecule has 2 amide bonds. The second kappa shape index (κ2) is 10.5. The lowest BCUT2D eigenvalue weighted by Crippen LogP contribution is -2.42. The number of sulfonamides is 1. The zero-order valence-electron chi connectivity index (χ0n) is 17.6. The minimum atomic E-state index is -3.65. The Morgan fingerprint density at radius 3 is 2.65 bits per heavy atom.